The highest BCUT2D eigenvalue weighted by atomic mass is 79.9. The van der Waals surface area contributed by atoms with E-state index in [1.165, 1.54) is 23.1 Å². The van der Waals surface area contributed by atoms with Crippen LogP contribution in [0.3, 0.4) is 0 Å². The Hall–Kier alpha value is -1.70. The van der Waals surface area contributed by atoms with Crippen LogP contribution < -0.4 is 5.32 Å². The maximum Gasteiger partial charge on any atom is 0.256 e. The van der Waals surface area contributed by atoms with E-state index in [1.807, 2.05) is 36.4 Å². The van der Waals surface area contributed by atoms with Gasteiger partial charge >= 0.3 is 0 Å². The number of nitrogens with one attached hydrogen (secondary N) is 1. The van der Waals surface area contributed by atoms with Crippen molar-refractivity contribution in [2.24, 2.45) is 0 Å². The third-order valence-corrected chi connectivity index (χ3v) is 6.14. The number of thioether (sulfide) groups is 1. The molecule has 7 heteroatoms. The minimum Gasteiger partial charge on any atom is -0.322 e. The number of halogens is 1. The molecular weight excluding hydrogens is 408 g/mol. The van der Waals surface area contributed by atoms with Gasteiger partial charge in [-0.3, -0.25) is 9.59 Å². The molecule has 122 valence electrons. The van der Waals surface area contributed by atoms with Crippen LogP contribution in [0, 0.1) is 0 Å². The maximum atomic E-state index is 12.4. The molecule has 0 saturated carbocycles. The van der Waals surface area contributed by atoms with Gasteiger partial charge in [-0.05, 0) is 53.2 Å². The molecule has 0 radical (unpaired) electrons. The summed E-state index contributed by atoms with van der Waals surface area (Å²) in [7, 11) is 0. The van der Waals surface area contributed by atoms with Crippen molar-refractivity contribution < 1.29 is 9.59 Å². The van der Waals surface area contributed by atoms with E-state index in [2.05, 4.69) is 26.2 Å². The van der Waals surface area contributed by atoms with Crippen LogP contribution >= 0.6 is 39.0 Å². The Balaban J connectivity index is 1.79. The van der Waals surface area contributed by atoms with Gasteiger partial charge in [0.1, 0.15) is 5.78 Å². The minimum atomic E-state index is -0.169. The SMILES string of the molecule is CC(=O)CSc1nc2ccc(NC(=O)c3ccccc3Br)cc2s1. The molecule has 0 saturated heterocycles. The summed E-state index contributed by atoms with van der Waals surface area (Å²) in [5.41, 5.74) is 2.17. The van der Waals surface area contributed by atoms with Gasteiger partial charge in [0, 0.05) is 10.2 Å². The average Bonchev–Trinajstić information content (AvgIpc) is 2.95. The summed E-state index contributed by atoms with van der Waals surface area (Å²) >= 11 is 6.34. The third kappa shape index (κ3) is 4.03. The van der Waals surface area contributed by atoms with Crippen molar-refractivity contribution in [1.29, 1.82) is 0 Å². The van der Waals surface area contributed by atoms with Crippen molar-refractivity contribution in [2.75, 3.05) is 11.1 Å². The molecule has 24 heavy (non-hydrogen) atoms. The predicted molar refractivity (Wildman–Crippen MR) is 103 cm³/mol. The van der Waals surface area contributed by atoms with Gasteiger partial charge in [0.2, 0.25) is 0 Å². The molecule has 0 spiro atoms. The fraction of sp³-hybridized carbons (Fsp3) is 0.118. The first-order valence-corrected chi connectivity index (χ1v) is 9.71. The summed E-state index contributed by atoms with van der Waals surface area (Å²) in [5, 5.41) is 2.90. The molecular formula is C17H13BrN2O2S2. The number of ketones is 1. The quantitative estimate of drug-likeness (QED) is 0.590. The molecule has 1 heterocycles. The van der Waals surface area contributed by atoms with Gasteiger partial charge in [-0.1, -0.05) is 23.9 Å². The summed E-state index contributed by atoms with van der Waals surface area (Å²) in [4.78, 5) is 27.9. The molecule has 0 aliphatic rings. The molecule has 0 aliphatic heterocycles. The average molecular weight is 421 g/mol. The molecule has 1 N–H and O–H groups in total. The summed E-state index contributed by atoms with van der Waals surface area (Å²) < 4.78 is 2.59. The Morgan fingerprint density at radius 3 is 2.79 bits per heavy atom. The van der Waals surface area contributed by atoms with E-state index in [-0.39, 0.29) is 11.7 Å². The summed E-state index contributed by atoms with van der Waals surface area (Å²) in [6.07, 6.45) is 0. The van der Waals surface area contributed by atoms with Crippen molar-refractivity contribution in [1.82, 2.24) is 4.98 Å². The van der Waals surface area contributed by atoms with Crippen LogP contribution in [-0.2, 0) is 4.79 Å². The Bertz CT molecular complexity index is 924. The number of fused-ring (bicyclic) bond motifs is 1. The highest BCUT2D eigenvalue weighted by Crippen LogP contribution is 2.31. The topological polar surface area (TPSA) is 59.1 Å². The number of anilines is 1. The highest BCUT2D eigenvalue weighted by Gasteiger charge is 2.11. The lowest BCUT2D eigenvalue weighted by atomic mass is 10.2. The molecule has 3 rings (SSSR count). The van der Waals surface area contributed by atoms with Gasteiger partial charge in [-0.15, -0.1) is 11.3 Å². The van der Waals surface area contributed by atoms with E-state index < -0.39 is 0 Å². The number of hydrogen-bond donors (Lipinski definition) is 1. The normalized spacial score (nSPS) is 10.8. The lowest BCUT2D eigenvalue weighted by molar-refractivity contribution is -0.114. The molecule has 0 unspecified atom stereocenters. The molecule has 0 fully saturated rings. The van der Waals surface area contributed by atoms with Gasteiger partial charge in [-0.25, -0.2) is 4.98 Å². The zero-order valence-corrected chi connectivity index (χ0v) is 15.9. The molecule has 0 aliphatic carbocycles. The molecule has 0 bridgehead atoms. The van der Waals surface area contributed by atoms with Crippen LogP contribution in [0.2, 0.25) is 0 Å². The maximum absolute atomic E-state index is 12.4. The lowest BCUT2D eigenvalue weighted by Crippen LogP contribution is -2.12. The summed E-state index contributed by atoms with van der Waals surface area (Å²) in [5.74, 6) is 0.379. The van der Waals surface area contributed by atoms with Crippen LogP contribution in [0.15, 0.2) is 51.3 Å². The van der Waals surface area contributed by atoms with Gasteiger partial charge in [-0.2, -0.15) is 0 Å². The molecule has 4 nitrogen and oxygen atoms in total. The predicted octanol–water partition coefficient (Wildman–Crippen LogP) is 4.99. The number of benzene rings is 2. The lowest BCUT2D eigenvalue weighted by Gasteiger charge is -2.06. The third-order valence-electron chi connectivity index (χ3n) is 3.14. The summed E-state index contributed by atoms with van der Waals surface area (Å²) in [6, 6.07) is 12.9. The van der Waals surface area contributed by atoms with Crippen LogP contribution in [0.1, 0.15) is 17.3 Å². The second-order valence-electron chi connectivity index (χ2n) is 5.09. The smallest absolute Gasteiger partial charge is 0.256 e. The van der Waals surface area contributed by atoms with Gasteiger partial charge < -0.3 is 5.32 Å². The second kappa shape index (κ2) is 7.46. The van der Waals surface area contributed by atoms with E-state index in [9.17, 15) is 9.59 Å². The molecule has 1 aromatic heterocycles. The van der Waals surface area contributed by atoms with Crippen LogP contribution in [0.25, 0.3) is 10.2 Å². The fourth-order valence-corrected chi connectivity index (χ4v) is 4.42. The number of Topliss-reactive ketones (excluding diaryl/α,β-unsaturated/α-hetero) is 1. The van der Waals surface area contributed by atoms with Crippen LogP contribution in [0.5, 0.6) is 0 Å². The Labute approximate surface area is 155 Å². The van der Waals surface area contributed by atoms with Crippen LogP contribution in [-0.4, -0.2) is 22.4 Å². The van der Waals surface area contributed by atoms with E-state index in [1.54, 1.807) is 13.0 Å². The highest BCUT2D eigenvalue weighted by molar-refractivity contribution is 9.10. The molecule has 1 amide bonds. The molecule has 3 aromatic rings. The second-order valence-corrected chi connectivity index (χ2v) is 8.19. The van der Waals surface area contributed by atoms with Gasteiger partial charge in [0.15, 0.2) is 4.34 Å². The van der Waals surface area contributed by atoms with E-state index in [0.717, 1.165) is 24.7 Å². The molecule has 0 atom stereocenters. The number of carbonyl (C=O) groups excluding carboxylic acids is 2. The van der Waals surface area contributed by atoms with E-state index >= 15 is 0 Å². The minimum absolute atomic E-state index is 0.126. The Morgan fingerprint density at radius 1 is 1.25 bits per heavy atom. The van der Waals surface area contributed by atoms with E-state index in [4.69, 9.17) is 0 Å². The summed E-state index contributed by atoms with van der Waals surface area (Å²) in [6.45, 7) is 1.57. The Kier molecular flexibility index (Phi) is 5.33. The van der Waals surface area contributed by atoms with Crippen molar-refractivity contribution in [3.63, 3.8) is 0 Å². The van der Waals surface area contributed by atoms with Crippen molar-refractivity contribution >= 4 is 66.6 Å². The van der Waals surface area contributed by atoms with Gasteiger partial charge in [0.05, 0.1) is 21.5 Å². The van der Waals surface area contributed by atoms with Crippen molar-refractivity contribution in [3.8, 4) is 0 Å². The number of thiazole rings is 1. The standard InChI is InChI=1S/C17H13BrN2O2S2/c1-10(21)9-23-17-20-14-7-6-11(8-15(14)24-17)19-16(22)12-4-2-3-5-13(12)18/h2-8H,9H2,1H3,(H,19,22). The molecule has 2 aromatic carbocycles. The number of nitrogens with zero attached hydrogens (tertiary/aromatic N) is 1. The first-order valence-electron chi connectivity index (χ1n) is 7.11. The number of carbonyl (C=O) groups is 2. The first kappa shape index (κ1) is 17.1. The number of rotatable bonds is 5. The Morgan fingerprint density at radius 2 is 2.04 bits per heavy atom. The monoisotopic (exact) mass is 420 g/mol. The number of amides is 1. The van der Waals surface area contributed by atoms with Crippen LogP contribution in [0.4, 0.5) is 5.69 Å². The van der Waals surface area contributed by atoms with Crippen molar-refractivity contribution in [3.05, 3.63) is 52.5 Å². The zero-order chi connectivity index (χ0) is 17.1. The van der Waals surface area contributed by atoms with Crippen molar-refractivity contribution in [2.45, 2.75) is 11.3 Å². The number of hydrogen-bond acceptors (Lipinski definition) is 5. The first-order chi connectivity index (χ1) is 11.5. The number of aromatic nitrogens is 1. The zero-order valence-electron chi connectivity index (χ0n) is 12.7. The van der Waals surface area contributed by atoms with Gasteiger partial charge in [0.25, 0.3) is 5.91 Å². The fourth-order valence-electron chi connectivity index (χ4n) is 2.05. The largest absolute Gasteiger partial charge is 0.322 e. The van der Waals surface area contributed by atoms with E-state index in [0.29, 0.717) is 11.3 Å².